The summed E-state index contributed by atoms with van der Waals surface area (Å²) in [5.74, 6) is 0.188. The molecule has 154 valence electrons. The summed E-state index contributed by atoms with van der Waals surface area (Å²) < 4.78 is 0. The predicted molar refractivity (Wildman–Crippen MR) is 135 cm³/mol. The zero-order valence-electron chi connectivity index (χ0n) is 18.0. The molecular weight excluding hydrogens is 388 g/mol. The third kappa shape index (κ3) is 2.96. The molecule has 0 aliphatic heterocycles. The lowest BCUT2D eigenvalue weighted by Crippen LogP contribution is -1.99. The Morgan fingerprint density at radius 2 is 0.844 bits per heavy atom. The summed E-state index contributed by atoms with van der Waals surface area (Å²) in [7, 11) is 0. The van der Waals surface area contributed by atoms with Crippen LogP contribution in [0.15, 0.2) is 109 Å². The summed E-state index contributed by atoms with van der Waals surface area (Å²) in [6.07, 6.45) is 0. The van der Waals surface area contributed by atoms with Crippen LogP contribution < -0.4 is 0 Å². The Kier molecular flexibility index (Phi) is 4.43. The van der Waals surface area contributed by atoms with Crippen molar-refractivity contribution in [3.63, 3.8) is 0 Å². The van der Waals surface area contributed by atoms with Crippen molar-refractivity contribution in [2.75, 3.05) is 0 Å². The summed E-state index contributed by atoms with van der Waals surface area (Å²) in [6.45, 7) is 2.34. The van der Waals surface area contributed by atoms with Gasteiger partial charge in [0.15, 0.2) is 0 Å². The van der Waals surface area contributed by atoms with Crippen molar-refractivity contribution in [2.45, 2.75) is 12.8 Å². The van der Waals surface area contributed by atoms with Gasteiger partial charge in [0.25, 0.3) is 0 Å². The van der Waals surface area contributed by atoms with E-state index >= 15 is 0 Å². The van der Waals surface area contributed by atoms with Gasteiger partial charge in [-0.2, -0.15) is 0 Å². The van der Waals surface area contributed by atoms with E-state index in [0.717, 1.165) is 0 Å². The largest absolute Gasteiger partial charge is 0.354 e. The summed E-state index contributed by atoms with van der Waals surface area (Å²) in [5, 5.41) is 2.56. The fraction of sp³-hybridized carbons (Fsp3) is 0.0667. The highest BCUT2D eigenvalue weighted by atomic mass is 14.7. The lowest BCUT2D eigenvalue weighted by atomic mass is 9.86. The monoisotopic (exact) mass is 412 g/mol. The minimum atomic E-state index is 0.188. The van der Waals surface area contributed by atoms with Crippen LogP contribution in [0.5, 0.6) is 0 Å². The van der Waals surface area contributed by atoms with E-state index in [0.29, 0.717) is 0 Å². The van der Waals surface area contributed by atoms with Gasteiger partial charge in [0.05, 0.1) is 11.4 Å². The van der Waals surface area contributed by atoms with E-state index in [9.17, 15) is 0 Å². The van der Waals surface area contributed by atoms with Gasteiger partial charge >= 0.3 is 0 Å². The fourth-order valence-corrected chi connectivity index (χ4v) is 5.04. The standard InChI is InChI=1S/C30H24N2/c1-20(27-23-16-8-10-18-25(23)31-29(27)21-12-4-2-5-13-21)28-24-17-9-11-19-26(24)32-30(28)22-14-6-3-7-15-22/h2-20,31-32H,1H3. The number of aromatic nitrogens is 2. The second-order valence-electron chi connectivity index (χ2n) is 8.37. The number of benzene rings is 4. The molecule has 0 atom stereocenters. The molecule has 0 aliphatic rings. The van der Waals surface area contributed by atoms with Gasteiger partial charge in [0.1, 0.15) is 0 Å². The lowest BCUT2D eigenvalue weighted by Gasteiger charge is -2.17. The summed E-state index contributed by atoms with van der Waals surface area (Å²) >= 11 is 0. The van der Waals surface area contributed by atoms with E-state index in [1.807, 2.05) is 0 Å². The number of rotatable bonds is 4. The smallest absolute Gasteiger partial charge is 0.0503 e. The second kappa shape index (κ2) is 7.58. The zero-order chi connectivity index (χ0) is 21.5. The molecule has 4 aromatic carbocycles. The second-order valence-corrected chi connectivity index (χ2v) is 8.37. The molecule has 2 heterocycles. The molecule has 6 aromatic rings. The molecule has 0 saturated heterocycles. The molecule has 0 unspecified atom stereocenters. The maximum absolute atomic E-state index is 3.72. The van der Waals surface area contributed by atoms with E-state index in [4.69, 9.17) is 0 Å². The minimum Gasteiger partial charge on any atom is -0.354 e. The van der Waals surface area contributed by atoms with Crippen molar-refractivity contribution in [2.24, 2.45) is 0 Å². The predicted octanol–water partition coefficient (Wildman–Crippen LogP) is 8.14. The van der Waals surface area contributed by atoms with Crippen molar-refractivity contribution in [1.29, 1.82) is 0 Å². The van der Waals surface area contributed by atoms with Gasteiger partial charge in [-0.15, -0.1) is 0 Å². The molecule has 2 aromatic heterocycles. The molecule has 0 spiro atoms. The van der Waals surface area contributed by atoms with Crippen LogP contribution in [-0.4, -0.2) is 9.97 Å². The highest BCUT2D eigenvalue weighted by Gasteiger charge is 2.25. The average Bonchev–Trinajstić information content (AvgIpc) is 3.44. The molecule has 0 fully saturated rings. The van der Waals surface area contributed by atoms with Crippen LogP contribution in [0.3, 0.4) is 0 Å². The number of hydrogen-bond acceptors (Lipinski definition) is 0. The molecule has 0 radical (unpaired) electrons. The number of fused-ring (bicyclic) bond motifs is 2. The molecule has 2 N–H and O–H groups in total. The van der Waals surface area contributed by atoms with Crippen LogP contribution in [0, 0.1) is 0 Å². The average molecular weight is 413 g/mol. The van der Waals surface area contributed by atoms with Crippen molar-refractivity contribution in [1.82, 2.24) is 9.97 Å². The summed E-state index contributed by atoms with van der Waals surface area (Å²) in [6, 6.07) is 38.6. The van der Waals surface area contributed by atoms with Gasteiger partial charge < -0.3 is 9.97 Å². The third-order valence-corrected chi connectivity index (χ3v) is 6.48. The van der Waals surface area contributed by atoms with Gasteiger partial charge in [-0.1, -0.05) is 104 Å². The molecule has 32 heavy (non-hydrogen) atoms. The van der Waals surface area contributed by atoms with Gasteiger partial charge in [-0.05, 0) is 34.4 Å². The van der Waals surface area contributed by atoms with Crippen molar-refractivity contribution >= 4 is 21.8 Å². The van der Waals surface area contributed by atoms with Crippen molar-refractivity contribution < 1.29 is 0 Å². The van der Waals surface area contributed by atoms with Gasteiger partial charge in [0.2, 0.25) is 0 Å². The summed E-state index contributed by atoms with van der Waals surface area (Å²) in [4.78, 5) is 7.44. The number of para-hydroxylation sites is 2. The first-order valence-electron chi connectivity index (χ1n) is 11.1. The normalized spacial score (nSPS) is 11.6. The van der Waals surface area contributed by atoms with Gasteiger partial charge in [-0.3, -0.25) is 0 Å². The van der Waals surface area contributed by atoms with E-state index in [1.165, 1.54) is 55.4 Å². The van der Waals surface area contributed by atoms with Crippen LogP contribution in [0.25, 0.3) is 44.3 Å². The molecule has 0 bridgehead atoms. The lowest BCUT2D eigenvalue weighted by molar-refractivity contribution is 0.947. The molecule has 6 rings (SSSR count). The summed E-state index contributed by atoms with van der Waals surface area (Å²) in [5.41, 5.74) is 9.86. The Labute approximate surface area is 187 Å². The topological polar surface area (TPSA) is 31.6 Å². The Morgan fingerprint density at radius 1 is 0.469 bits per heavy atom. The first-order chi connectivity index (χ1) is 15.8. The number of H-pyrrole nitrogens is 2. The van der Waals surface area contributed by atoms with Crippen molar-refractivity contribution in [3.05, 3.63) is 120 Å². The quantitative estimate of drug-likeness (QED) is 0.293. The molecule has 0 saturated carbocycles. The first-order valence-corrected chi connectivity index (χ1v) is 11.1. The van der Waals surface area contributed by atoms with E-state index in [-0.39, 0.29) is 5.92 Å². The fourth-order valence-electron chi connectivity index (χ4n) is 5.04. The molecular formula is C30H24N2. The molecule has 2 heteroatoms. The van der Waals surface area contributed by atoms with E-state index in [1.54, 1.807) is 0 Å². The van der Waals surface area contributed by atoms with Gasteiger partial charge in [-0.25, -0.2) is 0 Å². The highest BCUT2D eigenvalue weighted by molar-refractivity contribution is 5.96. The Bertz CT molecular complexity index is 1400. The van der Waals surface area contributed by atoms with Crippen LogP contribution in [0.4, 0.5) is 0 Å². The third-order valence-electron chi connectivity index (χ3n) is 6.48. The Hall–Kier alpha value is -4.04. The molecule has 0 aliphatic carbocycles. The van der Waals surface area contributed by atoms with Crippen LogP contribution in [-0.2, 0) is 0 Å². The SMILES string of the molecule is CC(c1c(-c2ccccc2)[nH]c2ccccc12)c1c(-c2ccccc2)[nH]c2ccccc12. The van der Waals surface area contributed by atoms with E-state index in [2.05, 4.69) is 126 Å². The Balaban J connectivity index is 1.65. The zero-order valence-corrected chi connectivity index (χ0v) is 18.0. The highest BCUT2D eigenvalue weighted by Crippen LogP contribution is 2.44. The van der Waals surface area contributed by atoms with Gasteiger partial charge in [0, 0.05) is 27.7 Å². The minimum absolute atomic E-state index is 0.188. The van der Waals surface area contributed by atoms with Crippen LogP contribution in [0.1, 0.15) is 24.0 Å². The first kappa shape index (κ1) is 18.7. The Morgan fingerprint density at radius 3 is 1.28 bits per heavy atom. The number of aromatic amines is 2. The maximum atomic E-state index is 3.72. The maximum Gasteiger partial charge on any atom is 0.0503 e. The number of nitrogens with one attached hydrogen (secondary N) is 2. The number of hydrogen-bond donors (Lipinski definition) is 2. The molecule has 0 amide bonds. The molecule has 2 nitrogen and oxygen atoms in total. The van der Waals surface area contributed by atoms with Crippen LogP contribution in [0.2, 0.25) is 0 Å². The van der Waals surface area contributed by atoms with Crippen molar-refractivity contribution in [3.8, 4) is 22.5 Å². The van der Waals surface area contributed by atoms with Crippen LogP contribution >= 0.6 is 0 Å². The van der Waals surface area contributed by atoms with E-state index < -0.39 is 0 Å².